The molecule has 0 aliphatic heterocycles. The highest BCUT2D eigenvalue weighted by atomic mass is 16.2. The molecule has 0 aliphatic rings. The number of nitrogens with one attached hydrogen (secondary N) is 2. The normalized spacial score (nSPS) is 11.0. The predicted molar refractivity (Wildman–Crippen MR) is 97.2 cm³/mol. The minimum absolute atomic E-state index is 0.0730. The second kappa shape index (κ2) is 7.30. The first-order valence-electron chi connectivity index (χ1n) is 8.01. The molecule has 2 aromatic rings. The molecule has 2 N–H and O–H groups in total. The minimum atomic E-state index is -0.280. The van der Waals surface area contributed by atoms with E-state index in [1.165, 1.54) is 0 Å². The van der Waals surface area contributed by atoms with Crippen LogP contribution in [0.1, 0.15) is 42.3 Å². The van der Waals surface area contributed by atoms with Gasteiger partial charge in [-0.1, -0.05) is 24.3 Å². The molecule has 0 atom stereocenters. The lowest BCUT2D eigenvalue weighted by molar-refractivity contribution is -0.115. The molecule has 0 aromatic heterocycles. The number of amides is 2. The van der Waals surface area contributed by atoms with E-state index in [4.69, 9.17) is 0 Å². The van der Waals surface area contributed by atoms with Crippen LogP contribution in [0.25, 0.3) is 0 Å². The summed E-state index contributed by atoms with van der Waals surface area (Å²) < 4.78 is 0. The Morgan fingerprint density at radius 3 is 2.17 bits per heavy atom. The third-order valence-corrected chi connectivity index (χ3v) is 3.53. The number of carbonyl (C=O) groups excluding carboxylic acids is 2. The van der Waals surface area contributed by atoms with Crippen LogP contribution in [0.5, 0.6) is 0 Å². The van der Waals surface area contributed by atoms with Gasteiger partial charge in [0.25, 0.3) is 5.91 Å². The second-order valence-electron chi connectivity index (χ2n) is 6.93. The van der Waals surface area contributed by atoms with Crippen molar-refractivity contribution < 1.29 is 9.59 Å². The van der Waals surface area contributed by atoms with E-state index in [9.17, 15) is 9.59 Å². The van der Waals surface area contributed by atoms with E-state index in [1.807, 2.05) is 52.0 Å². The van der Waals surface area contributed by atoms with Crippen LogP contribution >= 0.6 is 0 Å². The summed E-state index contributed by atoms with van der Waals surface area (Å²) >= 11 is 0. The van der Waals surface area contributed by atoms with Gasteiger partial charge in [-0.05, 0) is 63.1 Å². The highest BCUT2D eigenvalue weighted by Gasteiger charge is 2.15. The van der Waals surface area contributed by atoms with Crippen molar-refractivity contribution in [2.45, 2.75) is 39.7 Å². The van der Waals surface area contributed by atoms with Crippen molar-refractivity contribution in [2.75, 3.05) is 5.32 Å². The molecule has 2 aromatic carbocycles. The van der Waals surface area contributed by atoms with Crippen LogP contribution in [0.2, 0.25) is 0 Å². The molecular weight excluding hydrogens is 300 g/mol. The molecule has 0 spiro atoms. The van der Waals surface area contributed by atoms with E-state index in [1.54, 1.807) is 24.3 Å². The monoisotopic (exact) mass is 324 g/mol. The van der Waals surface area contributed by atoms with Crippen LogP contribution in [-0.4, -0.2) is 17.4 Å². The number of anilines is 1. The summed E-state index contributed by atoms with van der Waals surface area (Å²) in [5.74, 6) is -0.198. The fourth-order valence-electron chi connectivity index (χ4n) is 2.30. The maximum atomic E-state index is 12.2. The second-order valence-corrected chi connectivity index (χ2v) is 6.93. The summed E-state index contributed by atoms with van der Waals surface area (Å²) in [5, 5.41) is 5.77. The zero-order chi connectivity index (χ0) is 17.7. The zero-order valence-electron chi connectivity index (χ0n) is 14.6. The first kappa shape index (κ1) is 17.7. The molecular formula is C20H24N2O2. The van der Waals surface area contributed by atoms with Crippen LogP contribution in [0.3, 0.4) is 0 Å². The maximum absolute atomic E-state index is 12.2. The van der Waals surface area contributed by atoms with Gasteiger partial charge < -0.3 is 10.6 Å². The lowest BCUT2D eigenvalue weighted by Gasteiger charge is -2.20. The van der Waals surface area contributed by atoms with Gasteiger partial charge in [0, 0.05) is 16.8 Å². The number of benzene rings is 2. The third kappa shape index (κ3) is 5.23. The van der Waals surface area contributed by atoms with Gasteiger partial charge in [-0.25, -0.2) is 0 Å². The Morgan fingerprint density at radius 2 is 1.58 bits per heavy atom. The lowest BCUT2D eigenvalue weighted by Crippen LogP contribution is -2.40. The summed E-state index contributed by atoms with van der Waals surface area (Å²) in [4.78, 5) is 24.2. The molecule has 0 radical (unpaired) electrons. The largest absolute Gasteiger partial charge is 0.347 e. The van der Waals surface area contributed by atoms with Gasteiger partial charge in [0.1, 0.15) is 0 Å². The van der Waals surface area contributed by atoms with Crippen LogP contribution in [0, 0.1) is 6.92 Å². The number of hydrogen-bond donors (Lipinski definition) is 2. The van der Waals surface area contributed by atoms with Crippen molar-refractivity contribution in [3.05, 3.63) is 65.2 Å². The number of hydrogen-bond acceptors (Lipinski definition) is 2. The standard InChI is InChI=1S/C20H24N2O2/c1-14-7-5-6-8-16(14)13-18(23)21-17-11-9-15(10-12-17)19(24)22-20(2,3)4/h5-12H,13H2,1-4H3,(H,21,23)(H,22,24). The number of carbonyl (C=O) groups is 2. The van der Waals surface area contributed by atoms with Crippen LogP contribution < -0.4 is 10.6 Å². The van der Waals surface area contributed by atoms with E-state index in [0.29, 0.717) is 17.7 Å². The first-order valence-corrected chi connectivity index (χ1v) is 8.01. The van der Waals surface area contributed by atoms with Crippen molar-refractivity contribution >= 4 is 17.5 Å². The molecule has 0 saturated carbocycles. The molecule has 0 bridgehead atoms. The van der Waals surface area contributed by atoms with Gasteiger partial charge in [0.2, 0.25) is 5.91 Å². The van der Waals surface area contributed by atoms with E-state index < -0.39 is 0 Å². The Balaban J connectivity index is 1.97. The zero-order valence-corrected chi connectivity index (χ0v) is 14.6. The lowest BCUT2D eigenvalue weighted by atomic mass is 10.1. The Labute approximate surface area is 143 Å². The quantitative estimate of drug-likeness (QED) is 0.901. The fraction of sp³-hybridized carbons (Fsp3) is 0.300. The summed E-state index contributed by atoms with van der Waals surface area (Å²) in [7, 11) is 0. The number of rotatable bonds is 4. The van der Waals surface area contributed by atoms with Crippen molar-refractivity contribution in [3.63, 3.8) is 0 Å². The van der Waals surface area contributed by atoms with Crippen molar-refractivity contribution in [2.24, 2.45) is 0 Å². The highest BCUT2D eigenvalue weighted by Crippen LogP contribution is 2.13. The molecule has 4 heteroatoms. The Morgan fingerprint density at radius 1 is 0.958 bits per heavy atom. The molecule has 2 amide bonds. The van der Waals surface area contributed by atoms with Crippen LogP contribution in [-0.2, 0) is 11.2 Å². The average Bonchev–Trinajstić information content (AvgIpc) is 2.48. The molecule has 126 valence electrons. The van der Waals surface area contributed by atoms with E-state index in [2.05, 4.69) is 10.6 Å². The molecule has 2 rings (SSSR count). The van der Waals surface area contributed by atoms with E-state index >= 15 is 0 Å². The fourth-order valence-corrected chi connectivity index (χ4v) is 2.30. The van der Waals surface area contributed by atoms with Gasteiger partial charge >= 0.3 is 0 Å². The van der Waals surface area contributed by atoms with Gasteiger partial charge in [-0.2, -0.15) is 0 Å². The molecule has 0 heterocycles. The van der Waals surface area contributed by atoms with Crippen molar-refractivity contribution in [1.29, 1.82) is 0 Å². The SMILES string of the molecule is Cc1ccccc1CC(=O)Nc1ccc(C(=O)NC(C)(C)C)cc1. The minimum Gasteiger partial charge on any atom is -0.347 e. The van der Waals surface area contributed by atoms with Gasteiger partial charge in [0.15, 0.2) is 0 Å². The Bertz CT molecular complexity index is 728. The molecule has 24 heavy (non-hydrogen) atoms. The van der Waals surface area contributed by atoms with Crippen LogP contribution in [0.15, 0.2) is 48.5 Å². The average molecular weight is 324 g/mol. The smallest absolute Gasteiger partial charge is 0.251 e. The van der Waals surface area contributed by atoms with Crippen molar-refractivity contribution in [3.8, 4) is 0 Å². The van der Waals surface area contributed by atoms with Crippen molar-refractivity contribution in [1.82, 2.24) is 5.32 Å². The molecule has 0 fully saturated rings. The molecule has 4 nitrogen and oxygen atoms in total. The van der Waals surface area contributed by atoms with E-state index in [-0.39, 0.29) is 17.4 Å². The van der Waals surface area contributed by atoms with Gasteiger partial charge in [-0.15, -0.1) is 0 Å². The summed E-state index contributed by atoms with van der Waals surface area (Å²) in [5.41, 5.74) is 3.08. The predicted octanol–water partition coefficient (Wildman–Crippen LogP) is 3.70. The Hall–Kier alpha value is -2.62. The molecule has 0 unspecified atom stereocenters. The van der Waals surface area contributed by atoms with Gasteiger partial charge in [-0.3, -0.25) is 9.59 Å². The summed E-state index contributed by atoms with van der Waals surface area (Å²) in [6.45, 7) is 7.80. The topological polar surface area (TPSA) is 58.2 Å². The van der Waals surface area contributed by atoms with Gasteiger partial charge in [0.05, 0.1) is 6.42 Å². The summed E-state index contributed by atoms with van der Waals surface area (Å²) in [6.07, 6.45) is 0.332. The molecule has 0 saturated heterocycles. The third-order valence-electron chi connectivity index (χ3n) is 3.53. The Kier molecular flexibility index (Phi) is 5.39. The highest BCUT2D eigenvalue weighted by molar-refractivity contribution is 5.96. The maximum Gasteiger partial charge on any atom is 0.251 e. The molecule has 0 aliphatic carbocycles. The summed E-state index contributed by atoms with van der Waals surface area (Å²) in [6, 6.07) is 14.7. The number of aryl methyl sites for hydroxylation is 1. The van der Waals surface area contributed by atoms with Crippen LogP contribution in [0.4, 0.5) is 5.69 Å². The van der Waals surface area contributed by atoms with E-state index in [0.717, 1.165) is 11.1 Å². The first-order chi connectivity index (χ1) is 11.2.